The number of nitrogens with zero attached hydrogens (tertiary/aromatic N) is 2. The summed E-state index contributed by atoms with van der Waals surface area (Å²) >= 11 is 0. The number of para-hydroxylation sites is 1. The average Bonchev–Trinajstić information content (AvgIpc) is 2.28. The molecule has 0 aliphatic heterocycles. The molecule has 1 heterocycles. The third kappa shape index (κ3) is 2.57. The second kappa shape index (κ2) is 4.61. The number of hydrogen-bond acceptors (Lipinski definition) is 3. The van der Waals surface area contributed by atoms with Gasteiger partial charge in [0.15, 0.2) is 0 Å². The van der Waals surface area contributed by atoms with E-state index in [4.69, 9.17) is 5.73 Å². The minimum Gasteiger partial charge on any atom is -0.350 e. The largest absolute Gasteiger partial charge is 0.350 e. The molecule has 5 heteroatoms. The minimum absolute atomic E-state index is 0.684. The number of aromatic nitrogens is 1. The fourth-order valence-electron chi connectivity index (χ4n) is 1.61. The summed E-state index contributed by atoms with van der Waals surface area (Å²) in [6, 6.07) is 8.95. The molecular formula is C12H12N4O. The van der Waals surface area contributed by atoms with E-state index in [1.165, 1.54) is 0 Å². The van der Waals surface area contributed by atoms with Crippen molar-refractivity contribution in [1.82, 2.24) is 10.4 Å². The van der Waals surface area contributed by atoms with Crippen LogP contribution in [0.15, 0.2) is 35.4 Å². The molecule has 2 rings (SSSR count). The summed E-state index contributed by atoms with van der Waals surface area (Å²) in [6.07, 6.45) is 1.56. The summed E-state index contributed by atoms with van der Waals surface area (Å²) in [7, 11) is 0. The Bertz CT molecular complexity index is 592. The van der Waals surface area contributed by atoms with Crippen LogP contribution in [0.2, 0.25) is 0 Å². The predicted molar refractivity (Wildman–Crippen MR) is 66.8 cm³/mol. The average molecular weight is 228 g/mol. The van der Waals surface area contributed by atoms with Gasteiger partial charge in [-0.15, -0.1) is 0 Å². The van der Waals surface area contributed by atoms with Crippen molar-refractivity contribution in [3.8, 4) is 0 Å². The molecule has 2 aromatic rings. The number of amides is 2. The fraction of sp³-hybridized carbons (Fsp3) is 0.0833. The van der Waals surface area contributed by atoms with E-state index in [0.29, 0.717) is 0 Å². The van der Waals surface area contributed by atoms with Crippen molar-refractivity contribution in [2.45, 2.75) is 6.92 Å². The van der Waals surface area contributed by atoms with Crippen LogP contribution in [0, 0.1) is 6.92 Å². The molecule has 0 aliphatic carbocycles. The Morgan fingerprint density at radius 3 is 3.00 bits per heavy atom. The molecule has 5 nitrogen and oxygen atoms in total. The number of fused-ring (bicyclic) bond motifs is 1. The maximum atomic E-state index is 10.5. The SMILES string of the molecule is Cc1cc(C=NNC(N)=O)c2ccccc2n1. The van der Waals surface area contributed by atoms with Crippen molar-refractivity contribution in [2.24, 2.45) is 10.8 Å². The highest BCUT2D eigenvalue weighted by atomic mass is 16.2. The normalized spacial score (nSPS) is 10.9. The van der Waals surface area contributed by atoms with E-state index in [1.807, 2.05) is 37.3 Å². The maximum absolute atomic E-state index is 10.5. The lowest BCUT2D eigenvalue weighted by molar-refractivity contribution is 0.249. The number of aryl methyl sites for hydroxylation is 1. The second-order valence-corrected chi connectivity index (χ2v) is 3.60. The highest BCUT2D eigenvalue weighted by molar-refractivity contribution is 5.98. The van der Waals surface area contributed by atoms with Crippen molar-refractivity contribution in [3.63, 3.8) is 0 Å². The van der Waals surface area contributed by atoms with Crippen LogP contribution in [0.1, 0.15) is 11.3 Å². The monoisotopic (exact) mass is 228 g/mol. The molecule has 86 valence electrons. The first kappa shape index (κ1) is 11.1. The number of hydrazone groups is 1. The standard InChI is InChI=1S/C12H12N4O/c1-8-6-9(7-14-16-12(13)17)10-4-2-3-5-11(10)15-8/h2-7H,1H3,(H3,13,16,17). The molecule has 1 aromatic carbocycles. The molecule has 1 aromatic heterocycles. The number of nitrogens with two attached hydrogens (primary N) is 1. The highest BCUT2D eigenvalue weighted by Crippen LogP contribution is 2.16. The molecule has 0 radical (unpaired) electrons. The topological polar surface area (TPSA) is 80.4 Å². The number of nitrogens with one attached hydrogen (secondary N) is 1. The maximum Gasteiger partial charge on any atom is 0.332 e. The van der Waals surface area contributed by atoms with Gasteiger partial charge in [0.25, 0.3) is 0 Å². The minimum atomic E-state index is -0.684. The molecule has 0 atom stereocenters. The molecule has 0 saturated carbocycles. The third-order valence-corrected chi connectivity index (χ3v) is 2.25. The van der Waals surface area contributed by atoms with E-state index in [-0.39, 0.29) is 0 Å². The molecule has 0 fully saturated rings. The zero-order valence-corrected chi connectivity index (χ0v) is 9.34. The number of primary amides is 1. The smallest absolute Gasteiger partial charge is 0.332 e. The lowest BCUT2D eigenvalue weighted by Gasteiger charge is -2.03. The lowest BCUT2D eigenvalue weighted by atomic mass is 10.1. The van der Waals surface area contributed by atoms with Crippen LogP contribution in [0.5, 0.6) is 0 Å². The predicted octanol–water partition coefficient (Wildman–Crippen LogP) is 1.55. The van der Waals surface area contributed by atoms with Crippen LogP contribution in [-0.2, 0) is 0 Å². The molecule has 0 saturated heterocycles. The lowest BCUT2D eigenvalue weighted by Crippen LogP contribution is -2.24. The number of benzene rings is 1. The van der Waals surface area contributed by atoms with E-state index >= 15 is 0 Å². The van der Waals surface area contributed by atoms with Crippen molar-refractivity contribution in [1.29, 1.82) is 0 Å². The number of carbonyl (C=O) groups excluding carboxylic acids is 1. The van der Waals surface area contributed by atoms with E-state index in [9.17, 15) is 4.79 Å². The Hall–Kier alpha value is -2.43. The van der Waals surface area contributed by atoms with Crippen LogP contribution in [0.4, 0.5) is 4.79 Å². The van der Waals surface area contributed by atoms with E-state index in [2.05, 4.69) is 15.5 Å². The van der Waals surface area contributed by atoms with Gasteiger partial charge in [-0.25, -0.2) is 10.2 Å². The van der Waals surface area contributed by atoms with Gasteiger partial charge in [-0.2, -0.15) is 5.10 Å². The van der Waals surface area contributed by atoms with Crippen LogP contribution < -0.4 is 11.2 Å². The Morgan fingerprint density at radius 2 is 2.24 bits per heavy atom. The quantitative estimate of drug-likeness (QED) is 0.604. The zero-order valence-electron chi connectivity index (χ0n) is 9.34. The van der Waals surface area contributed by atoms with Gasteiger partial charge in [-0.05, 0) is 19.1 Å². The zero-order chi connectivity index (χ0) is 12.3. The Labute approximate surface area is 98.3 Å². The molecule has 3 N–H and O–H groups in total. The van der Waals surface area contributed by atoms with Gasteiger partial charge in [0.05, 0.1) is 11.7 Å². The molecule has 0 aliphatic rings. The first-order chi connectivity index (χ1) is 8.16. The number of pyridine rings is 1. The molecular weight excluding hydrogens is 216 g/mol. The van der Waals surface area contributed by atoms with Crippen molar-refractivity contribution in [3.05, 3.63) is 41.6 Å². The molecule has 2 amide bonds. The third-order valence-electron chi connectivity index (χ3n) is 2.25. The van der Waals surface area contributed by atoms with E-state index in [1.54, 1.807) is 6.21 Å². The summed E-state index contributed by atoms with van der Waals surface area (Å²) < 4.78 is 0. The molecule has 17 heavy (non-hydrogen) atoms. The van der Waals surface area contributed by atoms with Crippen LogP contribution >= 0.6 is 0 Å². The Balaban J connectivity index is 2.45. The van der Waals surface area contributed by atoms with Crippen LogP contribution in [0.3, 0.4) is 0 Å². The highest BCUT2D eigenvalue weighted by Gasteiger charge is 2.01. The first-order valence-corrected chi connectivity index (χ1v) is 5.12. The second-order valence-electron chi connectivity index (χ2n) is 3.60. The molecule has 0 unspecified atom stereocenters. The van der Waals surface area contributed by atoms with Crippen LogP contribution in [0.25, 0.3) is 10.9 Å². The van der Waals surface area contributed by atoms with E-state index < -0.39 is 6.03 Å². The van der Waals surface area contributed by atoms with Gasteiger partial charge in [0.1, 0.15) is 0 Å². The number of urea groups is 1. The van der Waals surface area contributed by atoms with E-state index in [0.717, 1.165) is 22.2 Å². The van der Waals surface area contributed by atoms with Gasteiger partial charge in [-0.1, -0.05) is 18.2 Å². The Kier molecular flexibility index (Phi) is 3.00. The van der Waals surface area contributed by atoms with Gasteiger partial charge >= 0.3 is 6.03 Å². The van der Waals surface area contributed by atoms with Crippen LogP contribution in [-0.4, -0.2) is 17.2 Å². The van der Waals surface area contributed by atoms with Gasteiger partial charge in [0.2, 0.25) is 0 Å². The number of hydrogen-bond donors (Lipinski definition) is 2. The van der Waals surface area contributed by atoms with Gasteiger partial charge in [-0.3, -0.25) is 4.98 Å². The summed E-state index contributed by atoms with van der Waals surface area (Å²) in [4.78, 5) is 14.9. The summed E-state index contributed by atoms with van der Waals surface area (Å²) in [5, 5.41) is 4.73. The van der Waals surface area contributed by atoms with Crippen molar-refractivity contribution < 1.29 is 4.79 Å². The van der Waals surface area contributed by atoms with Gasteiger partial charge < -0.3 is 5.73 Å². The number of carbonyl (C=O) groups is 1. The molecule has 0 spiro atoms. The molecule has 0 bridgehead atoms. The van der Waals surface area contributed by atoms with Crippen molar-refractivity contribution in [2.75, 3.05) is 0 Å². The Morgan fingerprint density at radius 1 is 1.47 bits per heavy atom. The fourth-order valence-corrected chi connectivity index (χ4v) is 1.61. The van der Waals surface area contributed by atoms with Gasteiger partial charge in [0, 0.05) is 16.6 Å². The summed E-state index contributed by atoms with van der Waals surface area (Å²) in [5.74, 6) is 0. The first-order valence-electron chi connectivity index (χ1n) is 5.12. The summed E-state index contributed by atoms with van der Waals surface area (Å²) in [6.45, 7) is 1.91. The summed E-state index contributed by atoms with van der Waals surface area (Å²) in [5.41, 5.74) is 9.77. The number of rotatable bonds is 2. The van der Waals surface area contributed by atoms with Crippen molar-refractivity contribution >= 4 is 23.1 Å².